The SMILES string of the molecule is C=C(C)C(=O)OCP(Cl)(CCCC)(CCCC)CCCC. The molecule has 0 saturated heterocycles. The maximum atomic E-state index is 11.8. The summed E-state index contributed by atoms with van der Waals surface area (Å²) in [5, 5.41) is 0. The van der Waals surface area contributed by atoms with Gasteiger partial charge in [0.15, 0.2) is 0 Å². The van der Waals surface area contributed by atoms with Gasteiger partial charge in [-0.1, -0.05) is 0 Å². The topological polar surface area (TPSA) is 26.3 Å². The van der Waals surface area contributed by atoms with Gasteiger partial charge < -0.3 is 0 Å². The van der Waals surface area contributed by atoms with Crippen molar-refractivity contribution in [2.75, 3.05) is 24.8 Å². The fraction of sp³-hybridized carbons (Fsp3) is 0.824. The molecule has 126 valence electrons. The van der Waals surface area contributed by atoms with Crippen LogP contribution in [0.15, 0.2) is 12.2 Å². The van der Waals surface area contributed by atoms with E-state index in [4.69, 9.17) is 16.0 Å². The Hall–Kier alpha value is -0.0700. The van der Waals surface area contributed by atoms with Gasteiger partial charge in [-0.05, 0) is 0 Å². The molecule has 0 spiro atoms. The van der Waals surface area contributed by atoms with E-state index in [9.17, 15) is 4.79 Å². The number of hydrogen-bond donors (Lipinski definition) is 0. The number of halogens is 1. The molecule has 0 fully saturated rings. The van der Waals surface area contributed by atoms with E-state index in [0.29, 0.717) is 11.9 Å². The Morgan fingerprint density at radius 3 is 1.67 bits per heavy atom. The summed E-state index contributed by atoms with van der Waals surface area (Å²) in [6, 6.07) is 0. The molecule has 0 heterocycles. The van der Waals surface area contributed by atoms with Gasteiger partial charge in [-0.2, -0.15) is 0 Å². The average Bonchev–Trinajstić information content (AvgIpc) is 2.47. The molecule has 0 rings (SSSR count). The molecule has 0 saturated carbocycles. The molecule has 21 heavy (non-hydrogen) atoms. The minimum absolute atomic E-state index is 0.297. The number of esters is 1. The molecule has 0 amide bonds. The first-order chi connectivity index (χ1) is 9.81. The molecule has 0 atom stereocenters. The molecule has 0 aromatic carbocycles. The fourth-order valence-electron chi connectivity index (χ4n) is 2.53. The van der Waals surface area contributed by atoms with Crippen LogP contribution in [-0.4, -0.2) is 30.8 Å². The summed E-state index contributed by atoms with van der Waals surface area (Å²) in [5.74, 6) is -2.76. The van der Waals surface area contributed by atoms with Gasteiger partial charge in [0.05, 0.1) is 0 Å². The normalized spacial score (nSPS) is 13.5. The van der Waals surface area contributed by atoms with E-state index >= 15 is 0 Å². The van der Waals surface area contributed by atoms with Crippen LogP contribution in [-0.2, 0) is 9.53 Å². The Morgan fingerprint density at radius 2 is 1.38 bits per heavy atom. The van der Waals surface area contributed by atoms with Gasteiger partial charge in [-0.25, -0.2) is 0 Å². The summed E-state index contributed by atoms with van der Waals surface area (Å²) in [4.78, 5) is 11.8. The first-order valence-electron chi connectivity index (χ1n) is 8.36. The molecule has 2 nitrogen and oxygen atoms in total. The third kappa shape index (κ3) is 7.66. The molecule has 0 aliphatic carbocycles. The van der Waals surface area contributed by atoms with Crippen molar-refractivity contribution in [3.63, 3.8) is 0 Å². The molecule has 0 unspecified atom stereocenters. The monoisotopic (exact) mass is 336 g/mol. The third-order valence-corrected chi connectivity index (χ3v) is 11.0. The Labute approximate surface area is 136 Å². The molecular formula is C17H34ClO2P. The Bertz CT molecular complexity index is 317. The number of carbonyl (C=O) groups excluding carboxylic acids is 1. The van der Waals surface area contributed by atoms with Crippen LogP contribution in [0, 0.1) is 0 Å². The van der Waals surface area contributed by atoms with Crippen LogP contribution in [0.1, 0.15) is 66.2 Å². The van der Waals surface area contributed by atoms with Crippen molar-refractivity contribution in [1.82, 2.24) is 0 Å². The minimum atomic E-state index is -2.47. The first kappa shape index (κ1) is 20.9. The zero-order valence-electron chi connectivity index (χ0n) is 14.4. The van der Waals surface area contributed by atoms with Gasteiger partial charge in [-0.15, -0.1) is 0 Å². The van der Waals surface area contributed by atoms with E-state index in [1.165, 1.54) is 0 Å². The summed E-state index contributed by atoms with van der Waals surface area (Å²) in [5.41, 5.74) is 0.457. The van der Waals surface area contributed by atoms with Gasteiger partial charge >= 0.3 is 136 Å². The van der Waals surface area contributed by atoms with Crippen molar-refractivity contribution in [3.8, 4) is 0 Å². The van der Waals surface area contributed by atoms with E-state index < -0.39 is 5.96 Å². The van der Waals surface area contributed by atoms with E-state index in [1.54, 1.807) is 6.92 Å². The van der Waals surface area contributed by atoms with Crippen LogP contribution >= 0.6 is 17.2 Å². The summed E-state index contributed by atoms with van der Waals surface area (Å²) in [7, 11) is 0. The predicted octanol–water partition coefficient (Wildman–Crippen LogP) is 6.17. The van der Waals surface area contributed by atoms with E-state index in [2.05, 4.69) is 27.4 Å². The second-order valence-electron chi connectivity index (χ2n) is 6.39. The van der Waals surface area contributed by atoms with Crippen molar-refractivity contribution in [2.45, 2.75) is 66.2 Å². The van der Waals surface area contributed by atoms with E-state index in [1.807, 2.05) is 0 Å². The second kappa shape index (κ2) is 9.85. The Balaban J connectivity index is 5.12. The van der Waals surface area contributed by atoms with Crippen molar-refractivity contribution in [2.24, 2.45) is 0 Å². The maximum absolute atomic E-state index is 11.8. The van der Waals surface area contributed by atoms with Crippen LogP contribution < -0.4 is 0 Å². The Kier molecular flexibility index (Phi) is 9.81. The van der Waals surface area contributed by atoms with Crippen molar-refractivity contribution >= 4 is 23.2 Å². The Morgan fingerprint density at radius 1 is 1.00 bits per heavy atom. The van der Waals surface area contributed by atoms with E-state index in [0.717, 1.165) is 57.0 Å². The van der Waals surface area contributed by atoms with E-state index in [-0.39, 0.29) is 5.97 Å². The molecule has 0 bridgehead atoms. The summed E-state index contributed by atoms with van der Waals surface area (Å²) >= 11 is 7.31. The number of ether oxygens (including phenoxy) is 1. The number of rotatable bonds is 12. The number of unbranched alkanes of at least 4 members (excludes halogenated alkanes) is 3. The molecule has 0 aliphatic heterocycles. The summed E-state index contributed by atoms with van der Waals surface area (Å²) < 4.78 is 5.55. The van der Waals surface area contributed by atoms with Crippen LogP contribution in [0.3, 0.4) is 0 Å². The summed E-state index contributed by atoms with van der Waals surface area (Å²) in [6.45, 7) is 11.9. The molecule has 0 aliphatic rings. The van der Waals surface area contributed by atoms with Crippen molar-refractivity contribution in [1.29, 1.82) is 0 Å². The zero-order valence-corrected chi connectivity index (χ0v) is 16.1. The van der Waals surface area contributed by atoms with Gasteiger partial charge in [0.2, 0.25) is 0 Å². The van der Waals surface area contributed by atoms with Crippen LogP contribution in [0.4, 0.5) is 0 Å². The predicted molar refractivity (Wildman–Crippen MR) is 97.9 cm³/mol. The fourth-order valence-corrected chi connectivity index (χ4v) is 8.57. The molecule has 0 radical (unpaired) electrons. The molecule has 0 aromatic rings. The van der Waals surface area contributed by atoms with Crippen molar-refractivity contribution in [3.05, 3.63) is 12.2 Å². The average molecular weight is 337 g/mol. The summed E-state index contributed by atoms with van der Waals surface area (Å²) in [6.07, 6.45) is 10.3. The molecular weight excluding hydrogens is 303 g/mol. The molecule has 0 aromatic heterocycles. The standard InChI is InChI=1S/C17H34ClO2P/c1-6-9-12-21(18,13-10-7-2,14-11-8-3)15-20-17(19)16(4)5/h4,6-15H2,1-3,5H3. The number of carbonyl (C=O) groups is 1. The van der Waals surface area contributed by atoms with Crippen LogP contribution in [0.25, 0.3) is 0 Å². The van der Waals surface area contributed by atoms with Crippen molar-refractivity contribution < 1.29 is 9.53 Å². The van der Waals surface area contributed by atoms with Crippen LogP contribution in [0.2, 0.25) is 0 Å². The number of hydrogen-bond acceptors (Lipinski definition) is 2. The molecule has 0 N–H and O–H groups in total. The van der Waals surface area contributed by atoms with Gasteiger partial charge in [-0.3, -0.25) is 0 Å². The van der Waals surface area contributed by atoms with Crippen LogP contribution in [0.5, 0.6) is 0 Å². The zero-order chi connectivity index (χ0) is 16.4. The third-order valence-electron chi connectivity index (χ3n) is 4.08. The molecule has 4 heteroatoms. The van der Waals surface area contributed by atoms with Gasteiger partial charge in [0.1, 0.15) is 0 Å². The van der Waals surface area contributed by atoms with Gasteiger partial charge in [0.25, 0.3) is 0 Å². The first-order valence-corrected chi connectivity index (χ1v) is 12.2. The second-order valence-corrected chi connectivity index (χ2v) is 14.5. The quantitative estimate of drug-likeness (QED) is 0.242. The van der Waals surface area contributed by atoms with Gasteiger partial charge in [0, 0.05) is 0 Å².